The van der Waals surface area contributed by atoms with Gasteiger partial charge in [0.1, 0.15) is 0 Å². The lowest BCUT2D eigenvalue weighted by Crippen LogP contribution is -2.41. The number of fused-ring (bicyclic) bond motifs is 2. The standard InChI is InChI=1S/C16H18FN7O/c1-24-7-10(5-20-24)21-16-19-6-11(17)15(23-16)22-13-9-3-2-8(4-9)12(13)14(18)25/h2-3,5-9,12-13H,4H2,1H3,(H2,18,25)(H2,19,21,22,23). The summed E-state index contributed by atoms with van der Waals surface area (Å²) in [5.41, 5.74) is 6.23. The quantitative estimate of drug-likeness (QED) is 0.703. The number of aryl methyl sites for hydroxylation is 1. The molecule has 1 saturated carbocycles. The Bertz CT molecular complexity index is 849. The van der Waals surface area contributed by atoms with E-state index in [4.69, 9.17) is 5.73 Å². The van der Waals surface area contributed by atoms with Gasteiger partial charge in [0.05, 0.1) is 24.0 Å². The van der Waals surface area contributed by atoms with E-state index in [-0.39, 0.29) is 41.5 Å². The van der Waals surface area contributed by atoms with E-state index in [0.717, 1.165) is 12.6 Å². The van der Waals surface area contributed by atoms with Crippen LogP contribution in [0.1, 0.15) is 6.42 Å². The monoisotopic (exact) mass is 343 g/mol. The van der Waals surface area contributed by atoms with Gasteiger partial charge in [0.25, 0.3) is 0 Å². The lowest BCUT2D eigenvalue weighted by atomic mass is 9.88. The summed E-state index contributed by atoms with van der Waals surface area (Å²) in [6.07, 6.45) is 9.38. The van der Waals surface area contributed by atoms with E-state index < -0.39 is 5.82 Å². The summed E-state index contributed by atoms with van der Waals surface area (Å²) in [4.78, 5) is 19.9. The van der Waals surface area contributed by atoms with E-state index in [0.29, 0.717) is 5.69 Å². The molecule has 0 spiro atoms. The van der Waals surface area contributed by atoms with Crippen LogP contribution < -0.4 is 16.4 Å². The zero-order valence-corrected chi connectivity index (χ0v) is 13.6. The highest BCUT2D eigenvalue weighted by molar-refractivity contribution is 5.79. The van der Waals surface area contributed by atoms with Gasteiger partial charge >= 0.3 is 0 Å². The second-order valence-electron chi connectivity index (χ2n) is 6.46. The minimum atomic E-state index is -0.577. The van der Waals surface area contributed by atoms with Crippen molar-refractivity contribution in [1.29, 1.82) is 0 Å². The molecule has 1 amide bonds. The van der Waals surface area contributed by atoms with E-state index in [1.807, 2.05) is 6.08 Å². The minimum Gasteiger partial charge on any atom is -0.369 e. The van der Waals surface area contributed by atoms with Crippen LogP contribution in [0.5, 0.6) is 0 Å². The molecule has 25 heavy (non-hydrogen) atoms. The van der Waals surface area contributed by atoms with Gasteiger partial charge < -0.3 is 16.4 Å². The number of hydrogen-bond acceptors (Lipinski definition) is 6. The Hall–Kier alpha value is -2.97. The lowest BCUT2D eigenvalue weighted by Gasteiger charge is -2.27. The van der Waals surface area contributed by atoms with Crippen molar-refractivity contribution in [3.8, 4) is 0 Å². The highest BCUT2D eigenvalue weighted by atomic mass is 19.1. The molecule has 130 valence electrons. The molecule has 0 aliphatic heterocycles. The van der Waals surface area contributed by atoms with Crippen LogP contribution in [0.4, 0.5) is 21.8 Å². The van der Waals surface area contributed by atoms with Crippen molar-refractivity contribution in [2.45, 2.75) is 12.5 Å². The van der Waals surface area contributed by atoms with E-state index >= 15 is 0 Å². The summed E-state index contributed by atoms with van der Waals surface area (Å²) >= 11 is 0. The molecule has 2 aliphatic carbocycles. The molecular formula is C16H18FN7O. The van der Waals surface area contributed by atoms with Gasteiger partial charge in [-0.15, -0.1) is 0 Å². The van der Waals surface area contributed by atoms with Crippen LogP contribution >= 0.6 is 0 Å². The highest BCUT2D eigenvalue weighted by Crippen LogP contribution is 2.44. The molecule has 2 aromatic heterocycles. The third-order valence-corrected chi connectivity index (χ3v) is 4.80. The fraction of sp³-hybridized carbons (Fsp3) is 0.375. The zero-order valence-electron chi connectivity index (χ0n) is 13.6. The molecule has 4 atom stereocenters. The van der Waals surface area contributed by atoms with Crippen molar-refractivity contribution in [2.75, 3.05) is 10.6 Å². The number of rotatable bonds is 5. The minimum absolute atomic E-state index is 0.0543. The van der Waals surface area contributed by atoms with Crippen LogP contribution in [-0.2, 0) is 11.8 Å². The fourth-order valence-corrected chi connectivity index (χ4v) is 3.71. The Balaban J connectivity index is 1.57. The van der Waals surface area contributed by atoms with Gasteiger partial charge in [-0.2, -0.15) is 10.1 Å². The SMILES string of the molecule is Cn1cc(Nc2ncc(F)c(NC3C4C=CC(C4)C3C(N)=O)n2)cn1. The molecule has 2 bridgehead atoms. The third kappa shape index (κ3) is 2.81. The number of aromatic nitrogens is 4. The van der Waals surface area contributed by atoms with Gasteiger partial charge in [-0.25, -0.2) is 9.37 Å². The first-order valence-corrected chi connectivity index (χ1v) is 8.03. The van der Waals surface area contributed by atoms with Gasteiger partial charge in [0, 0.05) is 19.3 Å². The first-order valence-electron chi connectivity index (χ1n) is 8.03. The predicted octanol–water partition coefficient (Wildman–Crippen LogP) is 1.18. The molecule has 0 radical (unpaired) electrons. The van der Waals surface area contributed by atoms with Crippen LogP contribution in [-0.4, -0.2) is 31.7 Å². The molecule has 9 heteroatoms. The highest BCUT2D eigenvalue weighted by Gasteiger charge is 2.47. The van der Waals surface area contributed by atoms with E-state index in [9.17, 15) is 9.18 Å². The number of carbonyl (C=O) groups is 1. The third-order valence-electron chi connectivity index (χ3n) is 4.80. The summed E-state index contributed by atoms with van der Waals surface area (Å²) in [5, 5.41) is 10.1. The number of nitrogens with one attached hydrogen (secondary N) is 2. The Kier molecular flexibility index (Phi) is 3.63. The number of amides is 1. The molecule has 4 unspecified atom stereocenters. The first-order chi connectivity index (χ1) is 12.0. The van der Waals surface area contributed by atoms with Crippen molar-refractivity contribution in [3.63, 3.8) is 0 Å². The molecule has 2 aliphatic rings. The van der Waals surface area contributed by atoms with Gasteiger partial charge in [0.2, 0.25) is 11.9 Å². The van der Waals surface area contributed by atoms with Crippen molar-refractivity contribution in [1.82, 2.24) is 19.7 Å². The zero-order chi connectivity index (χ0) is 17.6. The molecule has 4 rings (SSSR count). The number of nitrogens with zero attached hydrogens (tertiary/aromatic N) is 4. The Morgan fingerprint density at radius 1 is 1.36 bits per heavy atom. The second-order valence-corrected chi connectivity index (χ2v) is 6.46. The lowest BCUT2D eigenvalue weighted by molar-refractivity contribution is -0.122. The molecular weight excluding hydrogens is 325 g/mol. The average Bonchev–Trinajstić information content (AvgIpc) is 3.26. The van der Waals surface area contributed by atoms with Crippen molar-refractivity contribution in [3.05, 3.63) is 36.6 Å². The van der Waals surface area contributed by atoms with Crippen LogP contribution in [0.25, 0.3) is 0 Å². The smallest absolute Gasteiger partial charge is 0.229 e. The Morgan fingerprint density at radius 2 is 2.16 bits per heavy atom. The number of allylic oxidation sites excluding steroid dienone is 1. The fourth-order valence-electron chi connectivity index (χ4n) is 3.71. The molecule has 0 saturated heterocycles. The summed E-state index contributed by atoms with van der Waals surface area (Å²) < 4.78 is 15.8. The summed E-state index contributed by atoms with van der Waals surface area (Å²) in [5.74, 6) is -0.766. The largest absolute Gasteiger partial charge is 0.369 e. The van der Waals surface area contributed by atoms with Crippen molar-refractivity contribution in [2.24, 2.45) is 30.5 Å². The predicted molar refractivity (Wildman–Crippen MR) is 89.3 cm³/mol. The number of hydrogen-bond donors (Lipinski definition) is 3. The first kappa shape index (κ1) is 15.6. The van der Waals surface area contributed by atoms with Gasteiger partial charge in [-0.3, -0.25) is 9.48 Å². The number of primary amides is 1. The summed E-state index contributed by atoms with van der Waals surface area (Å²) in [6, 6.07) is -0.261. The van der Waals surface area contributed by atoms with Crippen molar-refractivity contribution >= 4 is 23.4 Å². The molecule has 1 fully saturated rings. The number of halogens is 1. The Labute approximate surface area is 143 Å². The number of anilines is 3. The van der Waals surface area contributed by atoms with Crippen molar-refractivity contribution < 1.29 is 9.18 Å². The molecule has 2 aromatic rings. The molecule has 2 heterocycles. The van der Waals surface area contributed by atoms with E-state index in [1.54, 1.807) is 24.1 Å². The maximum Gasteiger partial charge on any atom is 0.229 e. The van der Waals surface area contributed by atoms with Gasteiger partial charge in [0.15, 0.2) is 11.6 Å². The summed E-state index contributed by atoms with van der Waals surface area (Å²) in [6.45, 7) is 0. The average molecular weight is 343 g/mol. The topological polar surface area (TPSA) is 111 Å². The van der Waals surface area contributed by atoms with E-state index in [2.05, 4.69) is 31.8 Å². The normalized spacial score (nSPS) is 26.8. The van der Waals surface area contributed by atoms with E-state index in [1.165, 1.54) is 0 Å². The molecule has 8 nitrogen and oxygen atoms in total. The maximum absolute atomic E-state index is 14.2. The second kappa shape index (κ2) is 5.83. The van der Waals surface area contributed by atoms with Crippen LogP contribution in [0.3, 0.4) is 0 Å². The number of nitrogens with two attached hydrogens (primary N) is 1. The molecule has 0 aromatic carbocycles. The van der Waals surface area contributed by atoms with Crippen LogP contribution in [0, 0.1) is 23.6 Å². The number of carbonyl (C=O) groups excluding carboxylic acids is 1. The Morgan fingerprint density at radius 3 is 2.88 bits per heavy atom. The molecule has 4 N–H and O–H groups in total. The maximum atomic E-state index is 14.2. The van der Waals surface area contributed by atoms with Gasteiger partial charge in [-0.1, -0.05) is 12.2 Å². The van der Waals surface area contributed by atoms with Crippen LogP contribution in [0.15, 0.2) is 30.7 Å². The van der Waals surface area contributed by atoms with Gasteiger partial charge in [-0.05, 0) is 18.3 Å². The van der Waals surface area contributed by atoms with Crippen LogP contribution in [0.2, 0.25) is 0 Å². The summed E-state index contributed by atoms with van der Waals surface area (Å²) in [7, 11) is 1.79.